The lowest BCUT2D eigenvalue weighted by Gasteiger charge is -2.17. The van der Waals surface area contributed by atoms with Crippen LogP contribution in [0.2, 0.25) is 0 Å². The molecule has 3 N–H and O–H groups in total. The topological polar surface area (TPSA) is 72.1 Å². The normalized spacial score (nSPS) is 18.1. The van der Waals surface area contributed by atoms with Gasteiger partial charge in [-0.2, -0.15) is 0 Å². The Morgan fingerprint density at radius 3 is 2.68 bits per heavy atom. The first-order valence-electron chi connectivity index (χ1n) is 8.53. The molecule has 7 heteroatoms. The van der Waals surface area contributed by atoms with Crippen LogP contribution in [0.1, 0.15) is 20.3 Å². The molecule has 6 nitrogen and oxygen atoms in total. The lowest BCUT2D eigenvalue weighted by molar-refractivity contribution is 0.288. The number of aliphatic imine (C=N–C) groups is 1. The van der Waals surface area contributed by atoms with Crippen LogP contribution < -0.4 is 20.5 Å². The number of hydrogen-bond donors (Lipinski definition) is 2. The van der Waals surface area contributed by atoms with Crippen molar-refractivity contribution in [3.8, 4) is 11.5 Å². The van der Waals surface area contributed by atoms with Gasteiger partial charge in [-0.3, -0.25) is 4.99 Å². The van der Waals surface area contributed by atoms with Crippen LogP contribution in [0.4, 0.5) is 5.69 Å². The number of nitrogens with two attached hydrogens (primary N) is 1. The van der Waals surface area contributed by atoms with Crippen LogP contribution in [0.25, 0.3) is 0 Å². The van der Waals surface area contributed by atoms with E-state index >= 15 is 0 Å². The van der Waals surface area contributed by atoms with Crippen LogP contribution in [0.3, 0.4) is 0 Å². The Kier molecular flexibility index (Phi) is 9.34. The number of likely N-dealkylation sites (tertiary alicyclic amines) is 1. The molecule has 25 heavy (non-hydrogen) atoms. The van der Waals surface area contributed by atoms with Crippen molar-refractivity contribution in [3.63, 3.8) is 0 Å². The van der Waals surface area contributed by atoms with E-state index in [1.165, 1.54) is 19.5 Å². The largest absolute Gasteiger partial charge is 0.493 e. The predicted octanol–water partition coefficient (Wildman–Crippen LogP) is 3.03. The first kappa shape index (κ1) is 21.8. The van der Waals surface area contributed by atoms with Crippen molar-refractivity contribution >= 4 is 35.6 Å². The Hall–Kier alpha value is -1.22. The van der Waals surface area contributed by atoms with Crippen LogP contribution in [-0.2, 0) is 0 Å². The number of ether oxygens (including phenoxy) is 2. The van der Waals surface area contributed by atoms with Crippen molar-refractivity contribution in [2.24, 2.45) is 22.6 Å². The van der Waals surface area contributed by atoms with Crippen LogP contribution >= 0.6 is 24.0 Å². The molecule has 142 valence electrons. The van der Waals surface area contributed by atoms with E-state index in [2.05, 4.69) is 29.1 Å². The molecular formula is C18H31IN4O2. The van der Waals surface area contributed by atoms with Gasteiger partial charge in [0.2, 0.25) is 0 Å². The monoisotopic (exact) mass is 462 g/mol. The molecule has 0 spiro atoms. The summed E-state index contributed by atoms with van der Waals surface area (Å²) in [4.78, 5) is 7.01. The van der Waals surface area contributed by atoms with E-state index in [0.717, 1.165) is 18.8 Å². The number of guanidine groups is 1. The summed E-state index contributed by atoms with van der Waals surface area (Å²) in [5.74, 6) is 3.09. The standard InChI is InChI=1S/C18H30N4O2.HI/c1-13(2)11-22-8-7-14(12-22)10-20-18(19)21-15-5-6-16(23-3)17(9-15)24-4;/h5-6,9,13-14H,7-8,10-12H2,1-4H3,(H3,19,20,21);1H. The second-order valence-electron chi connectivity index (χ2n) is 6.73. The summed E-state index contributed by atoms with van der Waals surface area (Å²) in [5.41, 5.74) is 6.85. The van der Waals surface area contributed by atoms with Crippen LogP contribution in [0.15, 0.2) is 23.2 Å². The molecule has 0 aliphatic carbocycles. The molecule has 0 radical (unpaired) electrons. The number of hydrogen-bond acceptors (Lipinski definition) is 4. The van der Waals surface area contributed by atoms with Crippen molar-refractivity contribution in [3.05, 3.63) is 18.2 Å². The molecule has 1 atom stereocenters. The fourth-order valence-electron chi connectivity index (χ4n) is 3.07. The second-order valence-corrected chi connectivity index (χ2v) is 6.73. The van der Waals surface area contributed by atoms with Crippen molar-refractivity contribution in [1.82, 2.24) is 4.90 Å². The second kappa shape index (κ2) is 10.7. The third kappa shape index (κ3) is 6.89. The van der Waals surface area contributed by atoms with Crippen LogP contribution in [-0.4, -0.2) is 51.3 Å². The minimum Gasteiger partial charge on any atom is -0.493 e. The molecule has 1 aliphatic heterocycles. The van der Waals surface area contributed by atoms with Gasteiger partial charge < -0.3 is 25.4 Å². The maximum absolute atomic E-state index is 6.01. The maximum atomic E-state index is 6.01. The Morgan fingerprint density at radius 2 is 2.04 bits per heavy atom. The first-order valence-corrected chi connectivity index (χ1v) is 8.53. The highest BCUT2D eigenvalue weighted by molar-refractivity contribution is 14.0. The van der Waals surface area contributed by atoms with Crippen molar-refractivity contribution in [1.29, 1.82) is 0 Å². The molecule has 1 heterocycles. The predicted molar refractivity (Wildman–Crippen MR) is 114 cm³/mol. The zero-order valence-corrected chi connectivity index (χ0v) is 17.9. The number of nitrogens with one attached hydrogen (secondary N) is 1. The number of methoxy groups -OCH3 is 2. The molecule has 0 aromatic heterocycles. The van der Waals surface area contributed by atoms with E-state index in [0.29, 0.717) is 29.3 Å². The Morgan fingerprint density at radius 1 is 1.32 bits per heavy atom. The summed E-state index contributed by atoms with van der Waals surface area (Å²) in [6, 6.07) is 5.58. The van der Waals surface area contributed by atoms with Gasteiger partial charge in [0.1, 0.15) is 0 Å². The van der Waals surface area contributed by atoms with E-state index < -0.39 is 0 Å². The van der Waals surface area contributed by atoms with Crippen LogP contribution in [0.5, 0.6) is 11.5 Å². The number of halogens is 1. The van der Waals surface area contributed by atoms with E-state index in [-0.39, 0.29) is 24.0 Å². The Bertz CT molecular complexity index is 566. The Balaban J connectivity index is 0.00000312. The van der Waals surface area contributed by atoms with Crippen molar-refractivity contribution < 1.29 is 9.47 Å². The van der Waals surface area contributed by atoms with Gasteiger partial charge >= 0.3 is 0 Å². The lowest BCUT2D eigenvalue weighted by Crippen LogP contribution is -2.27. The van der Waals surface area contributed by atoms with Gasteiger partial charge in [-0.15, -0.1) is 24.0 Å². The number of rotatable bonds is 7. The average Bonchev–Trinajstić information content (AvgIpc) is 2.99. The molecule has 1 fully saturated rings. The molecule has 0 saturated carbocycles. The van der Waals surface area contributed by atoms with Crippen LogP contribution in [0, 0.1) is 11.8 Å². The zero-order chi connectivity index (χ0) is 17.5. The molecular weight excluding hydrogens is 431 g/mol. The van der Waals surface area contributed by atoms with Gasteiger partial charge in [-0.1, -0.05) is 13.8 Å². The molecule has 1 unspecified atom stereocenters. The molecule has 0 amide bonds. The summed E-state index contributed by atoms with van der Waals surface area (Å²) in [6.07, 6.45) is 1.19. The van der Waals surface area contributed by atoms with E-state index in [4.69, 9.17) is 15.2 Å². The minimum absolute atomic E-state index is 0. The molecule has 2 rings (SSSR count). The highest BCUT2D eigenvalue weighted by atomic mass is 127. The SMILES string of the molecule is COc1ccc(NC(N)=NCC2CCN(CC(C)C)C2)cc1OC.I. The zero-order valence-electron chi connectivity index (χ0n) is 15.6. The molecule has 1 aromatic carbocycles. The highest BCUT2D eigenvalue weighted by Crippen LogP contribution is 2.29. The number of nitrogens with zero attached hydrogens (tertiary/aromatic N) is 2. The van der Waals surface area contributed by atoms with Crippen molar-refractivity contribution in [2.75, 3.05) is 45.7 Å². The quantitative estimate of drug-likeness (QED) is 0.370. The summed E-state index contributed by atoms with van der Waals surface area (Å²) in [7, 11) is 3.23. The smallest absolute Gasteiger partial charge is 0.193 e. The van der Waals surface area contributed by atoms with Gasteiger partial charge in [-0.25, -0.2) is 0 Å². The lowest BCUT2D eigenvalue weighted by atomic mass is 10.1. The maximum Gasteiger partial charge on any atom is 0.193 e. The summed E-state index contributed by atoms with van der Waals surface area (Å²) >= 11 is 0. The minimum atomic E-state index is 0. The molecule has 1 aromatic rings. The molecule has 1 saturated heterocycles. The van der Waals surface area contributed by atoms with Crippen molar-refractivity contribution in [2.45, 2.75) is 20.3 Å². The van der Waals surface area contributed by atoms with Gasteiger partial charge in [0.25, 0.3) is 0 Å². The average molecular weight is 462 g/mol. The fourth-order valence-corrected chi connectivity index (χ4v) is 3.07. The first-order chi connectivity index (χ1) is 11.5. The Labute approximate surface area is 168 Å². The van der Waals surface area contributed by atoms with Gasteiger partial charge in [0, 0.05) is 31.4 Å². The summed E-state index contributed by atoms with van der Waals surface area (Å²) in [6.45, 7) is 8.74. The van der Waals surface area contributed by atoms with Gasteiger partial charge in [-0.05, 0) is 36.9 Å². The summed E-state index contributed by atoms with van der Waals surface area (Å²) in [5, 5.41) is 3.11. The highest BCUT2D eigenvalue weighted by Gasteiger charge is 2.22. The van der Waals surface area contributed by atoms with E-state index in [1.54, 1.807) is 14.2 Å². The van der Waals surface area contributed by atoms with Gasteiger partial charge in [0.15, 0.2) is 17.5 Å². The number of benzene rings is 1. The molecule has 0 bridgehead atoms. The molecule has 1 aliphatic rings. The third-order valence-corrected chi connectivity index (χ3v) is 4.17. The van der Waals surface area contributed by atoms with E-state index in [1.807, 2.05) is 18.2 Å². The number of anilines is 1. The fraction of sp³-hybridized carbons (Fsp3) is 0.611. The summed E-state index contributed by atoms with van der Waals surface area (Å²) < 4.78 is 10.5. The van der Waals surface area contributed by atoms with E-state index in [9.17, 15) is 0 Å². The third-order valence-electron chi connectivity index (χ3n) is 4.17. The van der Waals surface area contributed by atoms with Gasteiger partial charge in [0.05, 0.1) is 14.2 Å².